The predicted octanol–water partition coefficient (Wildman–Crippen LogP) is 1.48. The minimum atomic E-state index is -0.805. The van der Waals surface area contributed by atoms with Gasteiger partial charge in [-0.2, -0.15) is 5.26 Å². The van der Waals surface area contributed by atoms with Crippen LogP contribution in [0.3, 0.4) is 0 Å². The van der Waals surface area contributed by atoms with Crippen LogP contribution in [0.5, 0.6) is 0 Å². The molecule has 1 heterocycles. The number of nitriles is 1. The van der Waals surface area contributed by atoms with Crippen LogP contribution < -0.4 is 5.32 Å². The summed E-state index contributed by atoms with van der Waals surface area (Å²) in [6.07, 6.45) is 0.522. The second kappa shape index (κ2) is 5.71. The second-order valence-corrected chi connectivity index (χ2v) is 3.47. The standard InChI is InChI=1S/C11H13N3O2/c1-8(11(15)16)5-6-13-10-4-2-3-9(7-12)14-10/h2-4,8H,5-6H2,1H3,(H,13,14)(H,15,16). The lowest BCUT2D eigenvalue weighted by molar-refractivity contribution is -0.141. The molecule has 0 aliphatic heterocycles. The van der Waals surface area contributed by atoms with Crippen LogP contribution in [0.4, 0.5) is 5.82 Å². The van der Waals surface area contributed by atoms with E-state index in [4.69, 9.17) is 10.4 Å². The Labute approximate surface area is 93.7 Å². The Kier molecular flexibility index (Phi) is 4.28. The van der Waals surface area contributed by atoms with E-state index in [0.29, 0.717) is 24.5 Å². The highest BCUT2D eigenvalue weighted by atomic mass is 16.4. The number of aromatic nitrogens is 1. The van der Waals surface area contributed by atoms with E-state index < -0.39 is 5.97 Å². The van der Waals surface area contributed by atoms with E-state index in [1.165, 1.54) is 0 Å². The van der Waals surface area contributed by atoms with Crippen LogP contribution in [-0.2, 0) is 4.79 Å². The van der Waals surface area contributed by atoms with Gasteiger partial charge in [-0.05, 0) is 18.6 Å². The fourth-order valence-corrected chi connectivity index (χ4v) is 1.14. The minimum Gasteiger partial charge on any atom is -0.481 e. The van der Waals surface area contributed by atoms with E-state index >= 15 is 0 Å². The Hall–Kier alpha value is -2.09. The molecule has 0 radical (unpaired) electrons. The Bertz CT molecular complexity index is 412. The lowest BCUT2D eigenvalue weighted by atomic mass is 10.1. The molecule has 1 aromatic heterocycles. The molecule has 0 spiro atoms. The first-order chi connectivity index (χ1) is 7.63. The average molecular weight is 219 g/mol. The molecule has 0 amide bonds. The van der Waals surface area contributed by atoms with Gasteiger partial charge in [-0.25, -0.2) is 4.98 Å². The van der Waals surface area contributed by atoms with E-state index in [0.717, 1.165) is 0 Å². The van der Waals surface area contributed by atoms with Crippen molar-refractivity contribution in [3.63, 3.8) is 0 Å². The zero-order valence-electron chi connectivity index (χ0n) is 8.97. The van der Waals surface area contributed by atoms with Crippen molar-refractivity contribution >= 4 is 11.8 Å². The molecular weight excluding hydrogens is 206 g/mol. The number of hydrogen-bond donors (Lipinski definition) is 2. The third kappa shape index (κ3) is 3.58. The third-order valence-electron chi connectivity index (χ3n) is 2.17. The molecule has 0 aliphatic rings. The summed E-state index contributed by atoms with van der Waals surface area (Å²) < 4.78 is 0. The third-order valence-corrected chi connectivity index (χ3v) is 2.17. The Morgan fingerprint density at radius 2 is 2.44 bits per heavy atom. The number of anilines is 1. The molecule has 84 valence electrons. The first-order valence-electron chi connectivity index (χ1n) is 4.97. The van der Waals surface area contributed by atoms with Gasteiger partial charge >= 0.3 is 5.97 Å². The molecule has 0 aromatic carbocycles. The molecule has 1 rings (SSSR count). The molecule has 0 saturated carbocycles. The van der Waals surface area contributed by atoms with Crippen molar-refractivity contribution in [1.82, 2.24) is 4.98 Å². The minimum absolute atomic E-state index is 0.344. The number of carboxylic acid groups (broad SMARTS) is 1. The normalized spacial score (nSPS) is 11.5. The summed E-state index contributed by atoms with van der Waals surface area (Å²) in [4.78, 5) is 14.6. The number of nitrogens with zero attached hydrogens (tertiary/aromatic N) is 2. The average Bonchev–Trinajstić information content (AvgIpc) is 2.29. The number of pyridine rings is 1. The van der Waals surface area contributed by atoms with Gasteiger partial charge in [0.05, 0.1) is 5.92 Å². The zero-order valence-corrected chi connectivity index (χ0v) is 8.97. The summed E-state index contributed by atoms with van der Waals surface area (Å²) in [6.45, 7) is 2.18. The summed E-state index contributed by atoms with van der Waals surface area (Å²) in [5, 5.41) is 20.3. The first kappa shape index (κ1) is 12.0. The number of rotatable bonds is 5. The highest BCUT2D eigenvalue weighted by Gasteiger charge is 2.09. The van der Waals surface area contributed by atoms with Crippen molar-refractivity contribution in [2.24, 2.45) is 5.92 Å². The zero-order chi connectivity index (χ0) is 12.0. The fraction of sp³-hybridized carbons (Fsp3) is 0.364. The van der Waals surface area contributed by atoms with E-state index in [1.807, 2.05) is 6.07 Å². The van der Waals surface area contributed by atoms with Gasteiger partial charge in [0, 0.05) is 6.54 Å². The van der Waals surface area contributed by atoms with Crippen molar-refractivity contribution in [3.05, 3.63) is 23.9 Å². The summed E-state index contributed by atoms with van der Waals surface area (Å²) >= 11 is 0. The van der Waals surface area contributed by atoms with E-state index in [-0.39, 0.29) is 5.92 Å². The largest absolute Gasteiger partial charge is 0.481 e. The van der Waals surface area contributed by atoms with Crippen molar-refractivity contribution in [2.75, 3.05) is 11.9 Å². The van der Waals surface area contributed by atoms with Crippen molar-refractivity contribution in [1.29, 1.82) is 5.26 Å². The van der Waals surface area contributed by atoms with Crippen molar-refractivity contribution in [2.45, 2.75) is 13.3 Å². The Morgan fingerprint density at radius 1 is 1.69 bits per heavy atom. The van der Waals surface area contributed by atoms with E-state index in [1.54, 1.807) is 25.1 Å². The summed E-state index contributed by atoms with van der Waals surface area (Å²) in [5.74, 6) is -0.594. The number of carbonyl (C=O) groups is 1. The van der Waals surface area contributed by atoms with Crippen LogP contribution in [0.25, 0.3) is 0 Å². The van der Waals surface area contributed by atoms with Gasteiger partial charge in [-0.1, -0.05) is 13.0 Å². The number of nitrogens with one attached hydrogen (secondary N) is 1. The molecule has 1 unspecified atom stereocenters. The van der Waals surface area contributed by atoms with Gasteiger partial charge in [-0.3, -0.25) is 4.79 Å². The van der Waals surface area contributed by atoms with Crippen LogP contribution in [-0.4, -0.2) is 22.6 Å². The van der Waals surface area contributed by atoms with Crippen molar-refractivity contribution in [3.8, 4) is 6.07 Å². The molecule has 0 saturated heterocycles. The molecule has 1 aromatic rings. The van der Waals surface area contributed by atoms with Crippen LogP contribution in [0.1, 0.15) is 19.0 Å². The van der Waals surface area contributed by atoms with Gasteiger partial charge in [0.25, 0.3) is 0 Å². The molecular formula is C11H13N3O2. The molecule has 5 heteroatoms. The number of hydrogen-bond acceptors (Lipinski definition) is 4. The predicted molar refractivity (Wildman–Crippen MR) is 58.9 cm³/mol. The maximum atomic E-state index is 10.6. The molecule has 0 bridgehead atoms. The van der Waals surface area contributed by atoms with Gasteiger partial charge in [0.2, 0.25) is 0 Å². The maximum absolute atomic E-state index is 10.6. The monoisotopic (exact) mass is 219 g/mol. The summed E-state index contributed by atoms with van der Waals surface area (Å²) in [5.41, 5.74) is 0.344. The lowest BCUT2D eigenvalue weighted by Crippen LogP contribution is -2.14. The van der Waals surface area contributed by atoms with E-state index in [2.05, 4.69) is 10.3 Å². The van der Waals surface area contributed by atoms with Gasteiger partial charge in [0.15, 0.2) is 0 Å². The van der Waals surface area contributed by atoms with Gasteiger partial charge in [-0.15, -0.1) is 0 Å². The summed E-state index contributed by atoms with van der Waals surface area (Å²) in [7, 11) is 0. The molecule has 0 aliphatic carbocycles. The van der Waals surface area contributed by atoms with E-state index in [9.17, 15) is 4.79 Å². The molecule has 5 nitrogen and oxygen atoms in total. The Balaban J connectivity index is 2.43. The quantitative estimate of drug-likeness (QED) is 0.783. The second-order valence-electron chi connectivity index (χ2n) is 3.47. The van der Waals surface area contributed by atoms with Gasteiger partial charge in [0.1, 0.15) is 17.6 Å². The van der Waals surface area contributed by atoms with Crippen LogP contribution in [0.15, 0.2) is 18.2 Å². The van der Waals surface area contributed by atoms with Crippen LogP contribution in [0.2, 0.25) is 0 Å². The highest BCUT2D eigenvalue weighted by Crippen LogP contribution is 2.06. The fourth-order valence-electron chi connectivity index (χ4n) is 1.14. The molecule has 16 heavy (non-hydrogen) atoms. The first-order valence-corrected chi connectivity index (χ1v) is 4.97. The smallest absolute Gasteiger partial charge is 0.306 e. The van der Waals surface area contributed by atoms with Gasteiger partial charge < -0.3 is 10.4 Å². The topological polar surface area (TPSA) is 86.0 Å². The Morgan fingerprint density at radius 3 is 3.06 bits per heavy atom. The molecule has 2 N–H and O–H groups in total. The number of aliphatic carboxylic acids is 1. The summed E-state index contributed by atoms with van der Waals surface area (Å²) in [6, 6.07) is 7.03. The molecule has 0 fully saturated rings. The SMILES string of the molecule is CC(CCNc1cccc(C#N)n1)C(=O)O. The maximum Gasteiger partial charge on any atom is 0.306 e. The van der Waals surface area contributed by atoms with Crippen molar-refractivity contribution < 1.29 is 9.90 Å². The molecule has 1 atom stereocenters. The van der Waals surface area contributed by atoms with Crippen LogP contribution in [0, 0.1) is 17.2 Å². The number of carboxylic acids is 1. The highest BCUT2D eigenvalue weighted by molar-refractivity contribution is 5.69. The van der Waals surface area contributed by atoms with Crippen LogP contribution >= 0.6 is 0 Å². The lowest BCUT2D eigenvalue weighted by Gasteiger charge is -2.07.